The number of urea groups is 1. The molecular formula is C12H11F5N2O. The van der Waals surface area contributed by atoms with Crippen LogP contribution in [0.5, 0.6) is 0 Å². The Morgan fingerprint density at radius 3 is 1.75 bits per heavy atom. The molecule has 1 aliphatic heterocycles. The number of likely N-dealkylation sites (tertiary alicyclic amines) is 1. The van der Waals surface area contributed by atoms with Crippen LogP contribution in [0.15, 0.2) is 0 Å². The van der Waals surface area contributed by atoms with Crippen LogP contribution in [0, 0.1) is 29.1 Å². The molecule has 2 rings (SSSR count). The average Bonchev–Trinajstić information content (AvgIpc) is 2.48. The number of nitrogens with one attached hydrogen (secondary N) is 1. The number of benzene rings is 1. The van der Waals surface area contributed by atoms with Gasteiger partial charge < -0.3 is 10.2 Å². The first-order chi connectivity index (χ1) is 9.43. The van der Waals surface area contributed by atoms with Gasteiger partial charge in [0.2, 0.25) is 5.82 Å². The molecule has 0 aliphatic carbocycles. The minimum absolute atomic E-state index is 0.376. The van der Waals surface area contributed by atoms with Crippen molar-refractivity contribution in [3.8, 4) is 0 Å². The second-order valence-corrected chi connectivity index (χ2v) is 4.42. The van der Waals surface area contributed by atoms with E-state index in [-0.39, 0.29) is 0 Å². The van der Waals surface area contributed by atoms with Crippen molar-refractivity contribution in [1.29, 1.82) is 0 Å². The molecular weight excluding hydrogens is 283 g/mol. The second-order valence-electron chi connectivity index (χ2n) is 4.42. The van der Waals surface area contributed by atoms with Crippen molar-refractivity contribution in [1.82, 2.24) is 4.90 Å². The Kier molecular flexibility index (Phi) is 4.10. The molecule has 1 aromatic rings. The van der Waals surface area contributed by atoms with Crippen molar-refractivity contribution in [3.05, 3.63) is 29.1 Å². The molecule has 1 aromatic carbocycles. The number of nitrogens with zero attached hydrogens (tertiary/aromatic N) is 1. The van der Waals surface area contributed by atoms with E-state index in [1.54, 1.807) is 5.32 Å². The number of carbonyl (C=O) groups is 1. The average molecular weight is 294 g/mol. The van der Waals surface area contributed by atoms with Gasteiger partial charge in [0.25, 0.3) is 0 Å². The van der Waals surface area contributed by atoms with Crippen LogP contribution in [0.1, 0.15) is 19.3 Å². The summed E-state index contributed by atoms with van der Waals surface area (Å²) in [5.41, 5.74) is -1.32. The van der Waals surface area contributed by atoms with Gasteiger partial charge in [-0.1, -0.05) is 0 Å². The molecule has 1 fully saturated rings. The Morgan fingerprint density at radius 1 is 0.800 bits per heavy atom. The van der Waals surface area contributed by atoms with E-state index in [0.717, 1.165) is 19.3 Å². The molecule has 0 aromatic heterocycles. The molecule has 110 valence electrons. The Bertz CT molecular complexity index is 514. The van der Waals surface area contributed by atoms with Gasteiger partial charge in [-0.05, 0) is 19.3 Å². The summed E-state index contributed by atoms with van der Waals surface area (Å²) >= 11 is 0. The Labute approximate surface area is 111 Å². The zero-order valence-electron chi connectivity index (χ0n) is 10.3. The number of halogens is 5. The molecule has 0 atom stereocenters. The van der Waals surface area contributed by atoms with Gasteiger partial charge in [0.15, 0.2) is 23.3 Å². The summed E-state index contributed by atoms with van der Waals surface area (Å²) in [6.07, 6.45) is 2.38. The maximum absolute atomic E-state index is 13.4. The van der Waals surface area contributed by atoms with Crippen LogP contribution in [-0.2, 0) is 0 Å². The molecule has 1 heterocycles. The maximum atomic E-state index is 13.4. The zero-order chi connectivity index (χ0) is 14.9. The summed E-state index contributed by atoms with van der Waals surface area (Å²) in [6, 6.07) is -0.882. The lowest BCUT2D eigenvalue weighted by Crippen LogP contribution is -2.39. The monoisotopic (exact) mass is 294 g/mol. The molecule has 8 heteroatoms. The molecule has 3 nitrogen and oxygen atoms in total. The topological polar surface area (TPSA) is 32.3 Å². The SMILES string of the molecule is O=C(Nc1c(F)c(F)c(F)c(F)c1F)N1CCCCC1. The quantitative estimate of drug-likeness (QED) is 0.480. The van der Waals surface area contributed by atoms with Crippen molar-refractivity contribution >= 4 is 11.7 Å². The van der Waals surface area contributed by atoms with Gasteiger partial charge in [0, 0.05) is 13.1 Å². The Hall–Kier alpha value is -1.86. The molecule has 1 N–H and O–H groups in total. The number of piperidine rings is 1. The third-order valence-corrected chi connectivity index (χ3v) is 3.09. The number of anilines is 1. The molecule has 0 bridgehead atoms. The number of hydrogen-bond donors (Lipinski definition) is 1. The normalized spacial score (nSPS) is 15.3. The van der Waals surface area contributed by atoms with Crippen molar-refractivity contribution in [3.63, 3.8) is 0 Å². The number of amides is 2. The first kappa shape index (κ1) is 14.5. The van der Waals surface area contributed by atoms with Crippen LogP contribution in [0.2, 0.25) is 0 Å². The lowest BCUT2D eigenvalue weighted by molar-refractivity contribution is 0.199. The second kappa shape index (κ2) is 5.64. The van der Waals surface area contributed by atoms with E-state index in [9.17, 15) is 26.7 Å². The smallest absolute Gasteiger partial charge is 0.322 e. The van der Waals surface area contributed by atoms with E-state index in [2.05, 4.69) is 0 Å². The van der Waals surface area contributed by atoms with Gasteiger partial charge >= 0.3 is 6.03 Å². The molecule has 0 radical (unpaired) electrons. The van der Waals surface area contributed by atoms with Gasteiger partial charge in [-0.15, -0.1) is 0 Å². The number of rotatable bonds is 1. The Morgan fingerprint density at radius 2 is 1.25 bits per heavy atom. The highest BCUT2D eigenvalue weighted by Crippen LogP contribution is 2.27. The van der Waals surface area contributed by atoms with Crippen LogP contribution in [0.4, 0.5) is 32.4 Å². The van der Waals surface area contributed by atoms with E-state index >= 15 is 0 Å². The molecule has 1 aliphatic rings. The molecule has 0 saturated carbocycles. The summed E-state index contributed by atoms with van der Waals surface area (Å²) in [7, 11) is 0. The van der Waals surface area contributed by atoms with Gasteiger partial charge in [0.1, 0.15) is 5.69 Å². The minimum atomic E-state index is -2.25. The summed E-state index contributed by atoms with van der Waals surface area (Å²) in [4.78, 5) is 13.0. The van der Waals surface area contributed by atoms with Crippen molar-refractivity contribution in [2.75, 3.05) is 18.4 Å². The van der Waals surface area contributed by atoms with Crippen LogP contribution in [-0.4, -0.2) is 24.0 Å². The predicted octanol–water partition coefficient (Wildman–Crippen LogP) is 3.40. The van der Waals surface area contributed by atoms with Gasteiger partial charge in [0.05, 0.1) is 0 Å². The molecule has 1 saturated heterocycles. The first-order valence-electron chi connectivity index (χ1n) is 6.01. The van der Waals surface area contributed by atoms with Crippen molar-refractivity contribution in [2.45, 2.75) is 19.3 Å². The standard InChI is InChI=1S/C12H11F5N2O/c13-6-7(14)9(16)11(10(17)8(6)15)18-12(20)19-4-2-1-3-5-19/h1-5H2,(H,18,20). The van der Waals surface area contributed by atoms with Gasteiger partial charge in [-0.25, -0.2) is 26.7 Å². The summed E-state index contributed by atoms with van der Waals surface area (Å²) in [6.45, 7) is 0.752. The molecule has 0 unspecified atom stereocenters. The highest BCUT2D eigenvalue weighted by molar-refractivity contribution is 5.89. The van der Waals surface area contributed by atoms with Crippen LogP contribution >= 0.6 is 0 Å². The lowest BCUT2D eigenvalue weighted by Gasteiger charge is -2.27. The van der Waals surface area contributed by atoms with Crippen LogP contribution in [0.3, 0.4) is 0 Å². The number of hydrogen-bond acceptors (Lipinski definition) is 1. The largest absolute Gasteiger partial charge is 0.325 e. The van der Waals surface area contributed by atoms with E-state index in [1.807, 2.05) is 0 Å². The molecule has 0 spiro atoms. The highest BCUT2D eigenvalue weighted by Gasteiger charge is 2.28. The van der Waals surface area contributed by atoms with Gasteiger partial charge in [-0.3, -0.25) is 0 Å². The lowest BCUT2D eigenvalue weighted by atomic mass is 10.1. The number of carbonyl (C=O) groups excluding carboxylic acids is 1. The highest BCUT2D eigenvalue weighted by atomic mass is 19.2. The zero-order valence-corrected chi connectivity index (χ0v) is 10.3. The van der Waals surface area contributed by atoms with Crippen LogP contribution < -0.4 is 5.32 Å². The van der Waals surface area contributed by atoms with Crippen LogP contribution in [0.25, 0.3) is 0 Å². The fourth-order valence-electron chi connectivity index (χ4n) is 2.00. The van der Waals surface area contributed by atoms with Gasteiger partial charge in [-0.2, -0.15) is 0 Å². The first-order valence-corrected chi connectivity index (χ1v) is 6.01. The van der Waals surface area contributed by atoms with E-state index < -0.39 is 40.8 Å². The van der Waals surface area contributed by atoms with E-state index in [4.69, 9.17) is 0 Å². The minimum Gasteiger partial charge on any atom is -0.325 e. The fourth-order valence-corrected chi connectivity index (χ4v) is 2.00. The van der Waals surface area contributed by atoms with E-state index in [1.165, 1.54) is 4.90 Å². The summed E-state index contributed by atoms with van der Waals surface area (Å²) in [5, 5.41) is 1.75. The van der Waals surface area contributed by atoms with Crippen molar-refractivity contribution < 1.29 is 26.7 Å². The molecule has 2 amide bonds. The summed E-state index contributed by atoms with van der Waals surface area (Å²) < 4.78 is 65.5. The Balaban J connectivity index is 2.27. The molecule has 20 heavy (non-hydrogen) atoms. The third kappa shape index (κ3) is 2.54. The fraction of sp³-hybridized carbons (Fsp3) is 0.417. The third-order valence-electron chi connectivity index (χ3n) is 3.09. The maximum Gasteiger partial charge on any atom is 0.322 e. The summed E-state index contributed by atoms with van der Waals surface area (Å²) in [5.74, 6) is -10.5. The van der Waals surface area contributed by atoms with E-state index in [0.29, 0.717) is 13.1 Å². The van der Waals surface area contributed by atoms with Crippen molar-refractivity contribution in [2.24, 2.45) is 0 Å². The predicted molar refractivity (Wildman–Crippen MR) is 60.7 cm³/mol.